The molecule has 2 N–H and O–H groups in total. The van der Waals surface area contributed by atoms with E-state index in [4.69, 9.17) is 17.3 Å². The summed E-state index contributed by atoms with van der Waals surface area (Å²) in [6, 6.07) is 8.72. The number of benzene rings is 1. The molecule has 0 bridgehead atoms. The number of nitrogens with zero attached hydrogens (tertiary/aromatic N) is 1. The van der Waals surface area contributed by atoms with Crippen molar-refractivity contribution in [2.24, 2.45) is 11.7 Å². The maximum atomic E-state index is 6.40. The van der Waals surface area contributed by atoms with Crippen molar-refractivity contribution in [3.05, 3.63) is 34.9 Å². The average Bonchev–Trinajstić information content (AvgIpc) is 2.43. The van der Waals surface area contributed by atoms with Crippen LogP contribution in [-0.2, 0) is 0 Å². The van der Waals surface area contributed by atoms with Crippen molar-refractivity contribution in [2.75, 3.05) is 19.6 Å². The summed E-state index contributed by atoms with van der Waals surface area (Å²) in [6.07, 6.45) is 3.85. The Morgan fingerprint density at radius 2 is 2.05 bits per heavy atom. The lowest BCUT2D eigenvalue weighted by Crippen LogP contribution is -2.46. The summed E-state index contributed by atoms with van der Waals surface area (Å²) in [4.78, 5) is 2.63. The number of halogens is 1. The number of hydrogen-bond donors (Lipinski definition) is 1. The Balaban J connectivity index is 2.22. The molecule has 1 aromatic carbocycles. The second kappa shape index (κ2) is 7.44. The molecule has 3 heteroatoms. The SMILES string of the molecule is CC(C)CN1CCCCC1C(CN)c1ccccc1Cl. The molecule has 0 amide bonds. The third kappa shape index (κ3) is 3.75. The molecule has 1 fully saturated rings. The fourth-order valence-corrected chi connectivity index (χ4v) is 3.71. The van der Waals surface area contributed by atoms with E-state index in [1.807, 2.05) is 12.1 Å². The van der Waals surface area contributed by atoms with Crippen LogP contribution < -0.4 is 5.73 Å². The van der Waals surface area contributed by atoms with Gasteiger partial charge in [-0.05, 0) is 36.9 Å². The lowest BCUT2D eigenvalue weighted by molar-refractivity contribution is 0.112. The number of likely N-dealkylation sites (tertiary alicyclic amines) is 1. The minimum atomic E-state index is 0.350. The number of nitrogens with two attached hydrogens (primary N) is 1. The van der Waals surface area contributed by atoms with Crippen molar-refractivity contribution in [3.63, 3.8) is 0 Å². The predicted octanol–water partition coefficient (Wildman–Crippen LogP) is 3.89. The van der Waals surface area contributed by atoms with Crippen LogP contribution in [0.5, 0.6) is 0 Å². The van der Waals surface area contributed by atoms with Gasteiger partial charge < -0.3 is 5.73 Å². The van der Waals surface area contributed by atoms with Crippen molar-refractivity contribution in [1.29, 1.82) is 0 Å². The van der Waals surface area contributed by atoms with Crippen LogP contribution in [0.15, 0.2) is 24.3 Å². The first-order valence-corrected chi connectivity index (χ1v) is 8.19. The summed E-state index contributed by atoms with van der Waals surface area (Å²) in [5.41, 5.74) is 7.33. The number of piperidine rings is 1. The second-order valence-electron chi connectivity index (χ2n) is 6.32. The van der Waals surface area contributed by atoms with Gasteiger partial charge in [-0.1, -0.05) is 50.1 Å². The highest BCUT2D eigenvalue weighted by Crippen LogP contribution is 2.33. The molecule has 0 radical (unpaired) electrons. The number of rotatable bonds is 5. The zero-order valence-electron chi connectivity index (χ0n) is 12.7. The highest BCUT2D eigenvalue weighted by molar-refractivity contribution is 6.31. The molecule has 0 saturated carbocycles. The Morgan fingerprint density at radius 3 is 2.70 bits per heavy atom. The summed E-state index contributed by atoms with van der Waals surface area (Å²) < 4.78 is 0. The van der Waals surface area contributed by atoms with Crippen LogP contribution in [0.3, 0.4) is 0 Å². The monoisotopic (exact) mass is 294 g/mol. The zero-order valence-corrected chi connectivity index (χ0v) is 13.4. The van der Waals surface area contributed by atoms with Crippen molar-refractivity contribution in [2.45, 2.75) is 45.1 Å². The van der Waals surface area contributed by atoms with Gasteiger partial charge in [-0.3, -0.25) is 4.90 Å². The van der Waals surface area contributed by atoms with Crippen molar-refractivity contribution in [3.8, 4) is 0 Å². The second-order valence-corrected chi connectivity index (χ2v) is 6.72. The molecule has 2 atom stereocenters. The Morgan fingerprint density at radius 1 is 1.30 bits per heavy atom. The van der Waals surface area contributed by atoms with E-state index < -0.39 is 0 Å². The molecule has 1 heterocycles. The molecule has 1 aliphatic heterocycles. The van der Waals surface area contributed by atoms with E-state index in [1.54, 1.807) is 0 Å². The molecule has 1 saturated heterocycles. The molecule has 0 aliphatic carbocycles. The van der Waals surface area contributed by atoms with E-state index in [0.29, 0.717) is 24.4 Å². The highest BCUT2D eigenvalue weighted by Gasteiger charge is 2.31. The molecule has 2 unspecified atom stereocenters. The largest absolute Gasteiger partial charge is 0.330 e. The Labute approximate surface area is 128 Å². The van der Waals surface area contributed by atoms with Gasteiger partial charge in [0, 0.05) is 30.1 Å². The Kier molecular flexibility index (Phi) is 5.88. The molecular weight excluding hydrogens is 268 g/mol. The summed E-state index contributed by atoms with van der Waals surface area (Å²) in [6.45, 7) is 7.61. The van der Waals surface area contributed by atoms with Gasteiger partial charge >= 0.3 is 0 Å². The minimum Gasteiger partial charge on any atom is -0.330 e. The van der Waals surface area contributed by atoms with E-state index in [-0.39, 0.29) is 0 Å². The third-order valence-electron chi connectivity index (χ3n) is 4.29. The molecule has 2 nitrogen and oxygen atoms in total. The van der Waals surface area contributed by atoms with Crippen LogP contribution in [0.1, 0.15) is 44.6 Å². The van der Waals surface area contributed by atoms with Crippen molar-refractivity contribution in [1.82, 2.24) is 4.90 Å². The van der Waals surface area contributed by atoms with E-state index >= 15 is 0 Å². The lowest BCUT2D eigenvalue weighted by atomic mass is 9.84. The van der Waals surface area contributed by atoms with E-state index in [1.165, 1.54) is 31.4 Å². The van der Waals surface area contributed by atoms with Crippen LogP contribution in [0.4, 0.5) is 0 Å². The molecule has 1 aromatic rings. The third-order valence-corrected chi connectivity index (χ3v) is 4.63. The van der Waals surface area contributed by atoms with Gasteiger partial charge in [0.2, 0.25) is 0 Å². The van der Waals surface area contributed by atoms with E-state index in [0.717, 1.165) is 11.6 Å². The van der Waals surface area contributed by atoms with E-state index in [2.05, 4.69) is 30.9 Å². The topological polar surface area (TPSA) is 29.3 Å². The Bertz CT molecular complexity index is 419. The lowest BCUT2D eigenvalue weighted by Gasteiger charge is -2.41. The maximum absolute atomic E-state index is 6.40. The highest BCUT2D eigenvalue weighted by atomic mass is 35.5. The van der Waals surface area contributed by atoms with Crippen molar-refractivity contribution < 1.29 is 0 Å². The molecule has 20 heavy (non-hydrogen) atoms. The minimum absolute atomic E-state index is 0.350. The predicted molar refractivity (Wildman–Crippen MR) is 87.3 cm³/mol. The van der Waals surface area contributed by atoms with Gasteiger partial charge in [-0.2, -0.15) is 0 Å². The number of hydrogen-bond acceptors (Lipinski definition) is 2. The van der Waals surface area contributed by atoms with Crippen LogP contribution in [-0.4, -0.2) is 30.6 Å². The van der Waals surface area contributed by atoms with Crippen molar-refractivity contribution >= 4 is 11.6 Å². The first kappa shape index (κ1) is 15.8. The van der Waals surface area contributed by atoms with E-state index in [9.17, 15) is 0 Å². The van der Waals surface area contributed by atoms with Gasteiger partial charge in [-0.25, -0.2) is 0 Å². The average molecular weight is 295 g/mol. The smallest absolute Gasteiger partial charge is 0.0441 e. The maximum Gasteiger partial charge on any atom is 0.0441 e. The summed E-state index contributed by atoms with van der Waals surface area (Å²) in [5, 5.41) is 0.859. The summed E-state index contributed by atoms with van der Waals surface area (Å²) in [7, 11) is 0. The molecule has 2 rings (SSSR count). The molecule has 0 aromatic heterocycles. The molecule has 1 aliphatic rings. The van der Waals surface area contributed by atoms with Crippen LogP contribution in [0.25, 0.3) is 0 Å². The van der Waals surface area contributed by atoms with Gasteiger partial charge in [-0.15, -0.1) is 0 Å². The standard InChI is InChI=1S/C17H27ClN2/c1-13(2)12-20-10-6-5-9-17(20)15(11-19)14-7-3-4-8-16(14)18/h3-4,7-8,13,15,17H,5-6,9-12,19H2,1-2H3. The molecule has 112 valence electrons. The fraction of sp³-hybridized carbons (Fsp3) is 0.647. The fourth-order valence-electron chi connectivity index (χ4n) is 3.44. The Hall–Kier alpha value is -0.570. The molecular formula is C17H27ClN2. The van der Waals surface area contributed by atoms with Crippen LogP contribution in [0.2, 0.25) is 5.02 Å². The van der Waals surface area contributed by atoms with Gasteiger partial charge in [0.1, 0.15) is 0 Å². The quantitative estimate of drug-likeness (QED) is 0.892. The normalized spacial score (nSPS) is 22.1. The van der Waals surface area contributed by atoms with Gasteiger partial charge in [0.25, 0.3) is 0 Å². The first-order chi connectivity index (χ1) is 9.63. The summed E-state index contributed by atoms with van der Waals surface area (Å²) >= 11 is 6.40. The molecule has 0 spiro atoms. The van der Waals surface area contributed by atoms with Crippen LogP contribution >= 0.6 is 11.6 Å². The van der Waals surface area contributed by atoms with Crippen LogP contribution in [0, 0.1) is 5.92 Å². The summed E-state index contributed by atoms with van der Waals surface area (Å²) in [5.74, 6) is 1.04. The van der Waals surface area contributed by atoms with Gasteiger partial charge in [0.15, 0.2) is 0 Å². The van der Waals surface area contributed by atoms with Gasteiger partial charge in [0.05, 0.1) is 0 Å². The first-order valence-electron chi connectivity index (χ1n) is 7.82. The zero-order chi connectivity index (χ0) is 14.5.